The molecule has 2 amide bonds. The number of carbonyl (C=O) groups excluding carboxylic acids is 4. The number of rotatable bonds is 4. The molecule has 2 N–H and O–H groups in total. The van der Waals surface area contributed by atoms with Gasteiger partial charge in [0.2, 0.25) is 11.8 Å². The Kier molecular flexibility index (Phi) is 7.91. The molecule has 274 valence electrons. The molecular weight excluding hydrogens is 628 g/mol. The second-order valence-corrected chi connectivity index (χ2v) is 19.4. The van der Waals surface area contributed by atoms with Crippen molar-refractivity contribution in [1.82, 2.24) is 10.6 Å². The third-order valence-electron chi connectivity index (χ3n) is 17.1. The summed E-state index contributed by atoms with van der Waals surface area (Å²) in [6.45, 7) is 9.16. The summed E-state index contributed by atoms with van der Waals surface area (Å²) in [4.78, 5) is 49.6. The van der Waals surface area contributed by atoms with Crippen LogP contribution in [0.2, 0.25) is 0 Å². The maximum Gasteiger partial charge on any atom is 0.226 e. The van der Waals surface area contributed by atoms with Gasteiger partial charge in [-0.25, -0.2) is 0 Å². The zero-order valence-electron chi connectivity index (χ0n) is 30.9. The summed E-state index contributed by atoms with van der Waals surface area (Å²) in [5.41, 5.74) is 0.852. The van der Waals surface area contributed by atoms with Crippen molar-refractivity contribution < 1.29 is 28.7 Å². The number of hydrogen-bond acceptors (Lipinski definition) is 6. The number of ketones is 2. The SMILES string of the molecule is C[C@]12C(OC3CC3)CC(=O)N[C@@H]1CC[C@@H]1[C@@H]2CC[C@]2(C)C(=O)CC[C@@H]12.C[C@]12CC[C@H]3[C@@H](CC=C4NC(=O)CC(OC5CC5)[C@@]43C)[C@@H]1CCC2=O. The van der Waals surface area contributed by atoms with Gasteiger partial charge in [0.15, 0.2) is 0 Å². The van der Waals surface area contributed by atoms with Crippen LogP contribution in [0, 0.1) is 57.2 Å². The smallest absolute Gasteiger partial charge is 0.226 e. The van der Waals surface area contributed by atoms with Gasteiger partial charge in [-0.2, -0.15) is 0 Å². The number of ether oxygens (including phenoxy) is 2. The normalized spacial score (nSPS) is 50.6. The minimum atomic E-state index is -0.105. The average molecular weight is 689 g/mol. The van der Waals surface area contributed by atoms with Crippen LogP contribution >= 0.6 is 0 Å². The van der Waals surface area contributed by atoms with Gasteiger partial charge in [0.1, 0.15) is 11.6 Å². The van der Waals surface area contributed by atoms with Gasteiger partial charge in [0.05, 0.1) is 37.3 Å². The van der Waals surface area contributed by atoms with Crippen molar-refractivity contribution in [3.05, 3.63) is 11.8 Å². The number of hydrogen-bond donors (Lipinski definition) is 2. The van der Waals surface area contributed by atoms with Crippen molar-refractivity contribution in [2.24, 2.45) is 57.2 Å². The molecule has 8 nitrogen and oxygen atoms in total. The predicted octanol–water partition coefficient (Wildman–Crippen LogP) is 6.59. The van der Waals surface area contributed by atoms with Crippen molar-refractivity contribution in [3.8, 4) is 0 Å². The molecule has 7 saturated carbocycles. The average Bonchev–Trinajstić information content (AvgIpc) is 4.01. The van der Waals surface area contributed by atoms with E-state index < -0.39 is 0 Å². The van der Waals surface area contributed by atoms with Gasteiger partial charge in [-0.1, -0.05) is 33.8 Å². The molecule has 8 heteroatoms. The molecule has 0 aromatic carbocycles. The molecule has 0 radical (unpaired) electrons. The Morgan fingerprint density at radius 1 is 0.620 bits per heavy atom. The highest BCUT2D eigenvalue weighted by Gasteiger charge is 2.64. The molecule has 2 unspecified atom stereocenters. The Hall–Kier alpha value is -2.06. The van der Waals surface area contributed by atoms with Crippen LogP contribution in [0.4, 0.5) is 0 Å². The van der Waals surface area contributed by atoms with Crippen molar-refractivity contribution in [1.29, 1.82) is 0 Å². The number of carbonyl (C=O) groups is 4. The van der Waals surface area contributed by atoms with Gasteiger partial charge in [-0.15, -0.1) is 0 Å². The zero-order valence-corrected chi connectivity index (χ0v) is 30.9. The van der Waals surface area contributed by atoms with Crippen LogP contribution in [-0.2, 0) is 28.7 Å². The van der Waals surface area contributed by atoms with E-state index >= 15 is 0 Å². The fraction of sp³-hybridized carbons (Fsp3) is 0.857. The summed E-state index contributed by atoms with van der Waals surface area (Å²) in [5.74, 6) is 4.60. The van der Waals surface area contributed by atoms with Crippen LogP contribution in [0.1, 0.15) is 137 Å². The predicted molar refractivity (Wildman–Crippen MR) is 187 cm³/mol. The lowest BCUT2D eigenvalue weighted by molar-refractivity contribution is -0.175. The van der Waals surface area contributed by atoms with Gasteiger partial charge in [0, 0.05) is 46.2 Å². The van der Waals surface area contributed by atoms with Gasteiger partial charge < -0.3 is 20.1 Å². The quantitative estimate of drug-likeness (QED) is 0.345. The summed E-state index contributed by atoms with van der Waals surface area (Å²) in [5, 5.41) is 6.48. The van der Waals surface area contributed by atoms with Crippen molar-refractivity contribution in [3.63, 3.8) is 0 Å². The molecule has 0 spiro atoms. The summed E-state index contributed by atoms with van der Waals surface area (Å²) in [6, 6.07) is 0.250. The number of allylic oxidation sites excluding steroid dienone is 1. The Balaban J connectivity index is 0.000000135. The summed E-state index contributed by atoms with van der Waals surface area (Å²) >= 11 is 0. The molecule has 9 fully saturated rings. The fourth-order valence-electron chi connectivity index (χ4n) is 13.7. The van der Waals surface area contributed by atoms with Crippen LogP contribution in [0.15, 0.2) is 11.8 Å². The van der Waals surface area contributed by atoms with E-state index in [1.165, 1.54) is 0 Å². The molecular formula is C42H60N2O6. The summed E-state index contributed by atoms with van der Waals surface area (Å²) in [6.07, 6.45) is 19.8. The van der Waals surface area contributed by atoms with Gasteiger partial charge in [-0.3, -0.25) is 19.2 Å². The van der Waals surface area contributed by atoms with E-state index in [0.29, 0.717) is 72.1 Å². The van der Waals surface area contributed by atoms with Gasteiger partial charge in [0.25, 0.3) is 0 Å². The molecule has 10 aliphatic rings. The van der Waals surface area contributed by atoms with Gasteiger partial charge in [-0.05, 0) is 119 Å². The number of Topliss-reactive ketones (excluding diaryl/α,β-unsaturated/α-hetero) is 2. The number of nitrogens with one attached hydrogen (secondary N) is 2. The first-order valence-corrected chi connectivity index (χ1v) is 20.5. The molecule has 2 heterocycles. The third-order valence-corrected chi connectivity index (χ3v) is 17.1. The van der Waals surface area contributed by atoms with E-state index in [-0.39, 0.29) is 51.7 Å². The summed E-state index contributed by atoms with van der Waals surface area (Å²) < 4.78 is 12.8. The highest BCUT2D eigenvalue weighted by Crippen LogP contribution is 2.65. The molecule has 8 aliphatic carbocycles. The topological polar surface area (TPSA) is 111 Å². The minimum absolute atomic E-state index is 0.00531. The first-order chi connectivity index (χ1) is 23.9. The number of piperidine rings is 2. The highest BCUT2D eigenvalue weighted by atomic mass is 16.5. The largest absolute Gasteiger partial charge is 0.374 e. The number of fused-ring (bicyclic) bond motifs is 10. The third kappa shape index (κ3) is 5.02. The van der Waals surface area contributed by atoms with E-state index in [9.17, 15) is 19.2 Å². The van der Waals surface area contributed by atoms with E-state index in [4.69, 9.17) is 9.47 Å². The van der Waals surface area contributed by atoms with Crippen molar-refractivity contribution in [2.45, 2.75) is 167 Å². The van der Waals surface area contributed by atoms with Crippen LogP contribution in [0.3, 0.4) is 0 Å². The van der Waals surface area contributed by atoms with E-state index in [2.05, 4.69) is 44.4 Å². The van der Waals surface area contributed by atoms with Crippen molar-refractivity contribution in [2.75, 3.05) is 0 Å². The van der Waals surface area contributed by atoms with E-state index in [1.807, 2.05) is 0 Å². The lowest BCUT2D eigenvalue weighted by Crippen LogP contribution is -2.66. The minimum Gasteiger partial charge on any atom is -0.374 e. The van der Waals surface area contributed by atoms with Crippen LogP contribution in [-0.4, -0.2) is 53.8 Å². The lowest BCUT2D eigenvalue weighted by atomic mass is 9.47. The van der Waals surface area contributed by atoms with Crippen molar-refractivity contribution >= 4 is 23.4 Å². The van der Waals surface area contributed by atoms with Crippen LogP contribution in [0.5, 0.6) is 0 Å². The summed E-state index contributed by atoms with van der Waals surface area (Å²) in [7, 11) is 0. The molecule has 13 atom stereocenters. The first kappa shape index (κ1) is 33.8. The Morgan fingerprint density at radius 3 is 1.84 bits per heavy atom. The Bertz CT molecular complexity index is 1500. The molecule has 50 heavy (non-hydrogen) atoms. The first-order valence-electron chi connectivity index (χ1n) is 20.5. The lowest BCUT2D eigenvalue weighted by Gasteiger charge is -2.61. The molecule has 0 aromatic rings. The zero-order chi connectivity index (χ0) is 34.8. The molecule has 2 saturated heterocycles. The maximum absolute atomic E-state index is 12.5. The van der Waals surface area contributed by atoms with Gasteiger partial charge >= 0.3 is 0 Å². The number of amides is 2. The standard InChI is InChI=1S/C21H31NO3.C21H29NO3/c2*1-20-10-9-15-13(14(20)6-8-17(20)23)5-7-16-21(15,2)18(11-19(24)22-16)25-12-3-4-12/h12-16,18H,3-11H2,1-2H3,(H,22,24);7,12-15,18H,3-6,8-11H2,1-2H3,(H,22,24)/t13-,14-,15-,16+,18?,20-,21+;13-,14-,15-,18?,20-,21+/m00/s1. The Morgan fingerprint density at radius 2 is 1.20 bits per heavy atom. The second kappa shape index (κ2) is 11.7. The maximum atomic E-state index is 12.5. The fourth-order valence-corrected chi connectivity index (χ4v) is 13.7. The Labute approximate surface area is 298 Å². The second-order valence-electron chi connectivity index (χ2n) is 19.4. The molecule has 10 rings (SSSR count). The van der Waals surface area contributed by atoms with E-state index in [0.717, 1.165) is 102 Å². The van der Waals surface area contributed by atoms with Crippen LogP contribution in [0.25, 0.3) is 0 Å². The monoisotopic (exact) mass is 688 g/mol. The van der Waals surface area contributed by atoms with Crippen LogP contribution < -0.4 is 10.6 Å². The molecule has 0 aromatic heterocycles. The molecule has 0 bridgehead atoms. The van der Waals surface area contributed by atoms with E-state index in [1.54, 1.807) is 0 Å². The highest BCUT2D eigenvalue weighted by molar-refractivity contribution is 5.88. The molecule has 2 aliphatic heterocycles.